The molecular formula is C13H12N4O. The molecule has 0 radical (unpaired) electrons. The van der Waals surface area contributed by atoms with Crippen LogP contribution in [0.2, 0.25) is 0 Å². The van der Waals surface area contributed by atoms with Gasteiger partial charge in [0.15, 0.2) is 0 Å². The van der Waals surface area contributed by atoms with Gasteiger partial charge < -0.3 is 10.3 Å². The number of amides is 1. The summed E-state index contributed by atoms with van der Waals surface area (Å²) in [6.45, 7) is 0.537. The van der Waals surface area contributed by atoms with Crippen molar-refractivity contribution in [2.75, 3.05) is 6.54 Å². The Balaban J connectivity index is 1.89. The molecule has 18 heavy (non-hydrogen) atoms. The first-order valence-electron chi connectivity index (χ1n) is 5.55. The number of hydrogen-bond donors (Lipinski definition) is 2. The van der Waals surface area contributed by atoms with Gasteiger partial charge in [0.2, 0.25) is 0 Å². The van der Waals surface area contributed by atoms with E-state index in [0.717, 1.165) is 12.0 Å². The molecule has 0 bridgehead atoms. The molecule has 1 amide bonds. The number of carbonyl (C=O) groups is 1. The van der Waals surface area contributed by atoms with Crippen molar-refractivity contribution in [1.29, 1.82) is 5.26 Å². The van der Waals surface area contributed by atoms with Crippen molar-refractivity contribution in [2.24, 2.45) is 0 Å². The molecule has 0 saturated heterocycles. The number of nitrogens with zero attached hydrogens (tertiary/aromatic N) is 2. The zero-order valence-electron chi connectivity index (χ0n) is 9.68. The molecule has 0 fully saturated rings. The van der Waals surface area contributed by atoms with Crippen LogP contribution in [0.5, 0.6) is 0 Å². The monoisotopic (exact) mass is 240 g/mol. The van der Waals surface area contributed by atoms with Gasteiger partial charge in [-0.05, 0) is 30.2 Å². The van der Waals surface area contributed by atoms with E-state index in [-0.39, 0.29) is 11.6 Å². The molecule has 0 aliphatic carbocycles. The Kier molecular flexibility index (Phi) is 3.72. The van der Waals surface area contributed by atoms with Gasteiger partial charge in [0, 0.05) is 25.1 Å². The largest absolute Gasteiger partial charge is 0.367 e. The van der Waals surface area contributed by atoms with Gasteiger partial charge in [0.05, 0.1) is 11.6 Å². The van der Waals surface area contributed by atoms with Crippen LogP contribution >= 0.6 is 0 Å². The lowest BCUT2D eigenvalue weighted by Crippen LogP contribution is -2.26. The average molecular weight is 240 g/mol. The zero-order chi connectivity index (χ0) is 12.8. The van der Waals surface area contributed by atoms with E-state index in [0.29, 0.717) is 12.1 Å². The van der Waals surface area contributed by atoms with Gasteiger partial charge in [0.25, 0.3) is 5.91 Å². The van der Waals surface area contributed by atoms with Crippen LogP contribution in [-0.2, 0) is 6.42 Å². The lowest BCUT2D eigenvalue weighted by molar-refractivity contribution is 0.0949. The predicted octanol–water partition coefficient (Wildman–Crippen LogP) is 1.25. The predicted molar refractivity (Wildman–Crippen MR) is 65.8 cm³/mol. The summed E-state index contributed by atoms with van der Waals surface area (Å²) in [4.78, 5) is 18.6. The van der Waals surface area contributed by atoms with Crippen LogP contribution in [0.25, 0.3) is 0 Å². The minimum absolute atomic E-state index is 0.261. The molecule has 0 spiro atoms. The van der Waals surface area contributed by atoms with Crippen LogP contribution in [0, 0.1) is 11.3 Å². The van der Waals surface area contributed by atoms with Crippen LogP contribution in [0.15, 0.2) is 36.8 Å². The third kappa shape index (κ3) is 2.95. The van der Waals surface area contributed by atoms with Crippen molar-refractivity contribution in [3.05, 3.63) is 53.6 Å². The number of rotatable bonds is 4. The van der Waals surface area contributed by atoms with Crippen LogP contribution in [0.1, 0.15) is 21.6 Å². The summed E-state index contributed by atoms with van der Waals surface area (Å²) in [7, 11) is 0. The van der Waals surface area contributed by atoms with Crippen molar-refractivity contribution in [3.63, 3.8) is 0 Å². The Morgan fingerprint density at radius 1 is 1.50 bits per heavy atom. The summed E-state index contributed by atoms with van der Waals surface area (Å²) in [5, 5.41) is 11.5. The average Bonchev–Trinajstić information content (AvgIpc) is 2.92. The molecule has 0 saturated carbocycles. The van der Waals surface area contributed by atoms with E-state index < -0.39 is 0 Å². The Morgan fingerprint density at radius 2 is 2.39 bits per heavy atom. The normalized spacial score (nSPS) is 9.72. The lowest BCUT2D eigenvalue weighted by atomic mass is 10.2. The Hall–Kier alpha value is -2.61. The first-order chi connectivity index (χ1) is 8.79. The number of carbonyl (C=O) groups excluding carboxylic acids is 1. The third-order valence-corrected chi connectivity index (χ3v) is 2.48. The first-order valence-corrected chi connectivity index (χ1v) is 5.55. The minimum atomic E-state index is -0.261. The summed E-state index contributed by atoms with van der Waals surface area (Å²) >= 11 is 0. The summed E-state index contributed by atoms with van der Waals surface area (Å²) < 4.78 is 0. The van der Waals surface area contributed by atoms with Crippen molar-refractivity contribution in [2.45, 2.75) is 6.42 Å². The molecule has 90 valence electrons. The van der Waals surface area contributed by atoms with E-state index in [1.54, 1.807) is 6.07 Å². The lowest BCUT2D eigenvalue weighted by Gasteiger charge is -2.03. The number of aromatic amines is 1. The molecule has 0 aromatic carbocycles. The number of nitrogens with one attached hydrogen (secondary N) is 2. The summed E-state index contributed by atoms with van der Waals surface area (Å²) in [5.74, 6) is -0.261. The van der Waals surface area contributed by atoms with Crippen LogP contribution in [0.4, 0.5) is 0 Å². The minimum Gasteiger partial charge on any atom is -0.367 e. The second kappa shape index (κ2) is 5.64. The van der Waals surface area contributed by atoms with Gasteiger partial charge in [-0.2, -0.15) is 5.26 Å². The zero-order valence-corrected chi connectivity index (χ0v) is 9.68. The maximum absolute atomic E-state index is 11.8. The van der Waals surface area contributed by atoms with E-state index >= 15 is 0 Å². The molecule has 2 heterocycles. The molecule has 2 aromatic heterocycles. The maximum Gasteiger partial charge on any atom is 0.269 e. The summed E-state index contributed by atoms with van der Waals surface area (Å²) in [5.41, 5.74) is 1.83. The molecule has 2 rings (SSSR count). The summed E-state index contributed by atoms with van der Waals surface area (Å²) in [6, 6.07) is 6.98. The molecule has 2 aromatic rings. The third-order valence-electron chi connectivity index (χ3n) is 2.48. The second-order valence-electron chi connectivity index (χ2n) is 3.77. The number of pyridine rings is 1. The fourth-order valence-electron chi connectivity index (χ4n) is 1.55. The highest BCUT2D eigenvalue weighted by atomic mass is 16.1. The Bertz CT molecular complexity index is 569. The van der Waals surface area contributed by atoms with Crippen molar-refractivity contribution in [3.8, 4) is 6.07 Å². The molecule has 0 aliphatic rings. The van der Waals surface area contributed by atoms with Gasteiger partial charge in [-0.3, -0.25) is 9.78 Å². The van der Waals surface area contributed by atoms with Gasteiger partial charge >= 0.3 is 0 Å². The van der Waals surface area contributed by atoms with E-state index in [4.69, 9.17) is 5.26 Å². The van der Waals surface area contributed by atoms with Crippen molar-refractivity contribution >= 4 is 5.91 Å². The Labute approximate surface area is 104 Å². The van der Waals surface area contributed by atoms with Crippen molar-refractivity contribution in [1.82, 2.24) is 15.3 Å². The van der Waals surface area contributed by atoms with E-state index in [1.165, 1.54) is 12.3 Å². The van der Waals surface area contributed by atoms with Gasteiger partial charge in [-0.1, -0.05) is 0 Å². The smallest absolute Gasteiger partial charge is 0.269 e. The highest BCUT2D eigenvalue weighted by Crippen LogP contribution is 2.01. The van der Waals surface area contributed by atoms with Crippen LogP contribution < -0.4 is 5.32 Å². The van der Waals surface area contributed by atoms with Gasteiger partial charge in [-0.25, -0.2) is 0 Å². The summed E-state index contributed by atoms with van der Waals surface area (Å²) in [6.07, 6.45) is 5.95. The highest BCUT2D eigenvalue weighted by Gasteiger charge is 2.07. The van der Waals surface area contributed by atoms with Crippen LogP contribution in [-0.4, -0.2) is 22.4 Å². The number of H-pyrrole nitrogens is 1. The molecular weight excluding hydrogens is 228 g/mol. The van der Waals surface area contributed by atoms with Gasteiger partial charge in [0.1, 0.15) is 5.69 Å². The topological polar surface area (TPSA) is 81.6 Å². The van der Waals surface area contributed by atoms with E-state index in [1.807, 2.05) is 24.5 Å². The van der Waals surface area contributed by atoms with E-state index in [9.17, 15) is 4.79 Å². The quantitative estimate of drug-likeness (QED) is 0.843. The highest BCUT2D eigenvalue weighted by molar-refractivity contribution is 5.92. The Morgan fingerprint density at radius 3 is 3.11 bits per heavy atom. The standard InChI is InChI=1S/C13H12N4O/c14-8-11-3-5-16-12(7-11)13(18)17-6-2-10-1-4-15-9-10/h1,3-5,7,9,15H,2,6H2,(H,17,18). The molecule has 0 aliphatic heterocycles. The molecule has 0 atom stereocenters. The van der Waals surface area contributed by atoms with E-state index in [2.05, 4.69) is 15.3 Å². The SMILES string of the molecule is N#Cc1ccnc(C(=O)NCCc2cc[nH]c2)c1. The number of nitriles is 1. The molecule has 0 unspecified atom stereocenters. The molecule has 2 N–H and O–H groups in total. The maximum atomic E-state index is 11.8. The van der Waals surface area contributed by atoms with Crippen molar-refractivity contribution < 1.29 is 4.79 Å². The van der Waals surface area contributed by atoms with Gasteiger partial charge in [-0.15, -0.1) is 0 Å². The molecule has 5 heteroatoms. The fourth-order valence-corrected chi connectivity index (χ4v) is 1.55. The van der Waals surface area contributed by atoms with Crippen LogP contribution in [0.3, 0.4) is 0 Å². The fraction of sp³-hybridized carbons (Fsp3) is 0.154. The second-order valence-corrected chi connectivity index (χ2v) is 3.77. The first kappa shape index (κ1) is 11.9. The molecule has 5 nitrogen and oxygen atoms in total. The number of hydrogen-bond acceptors (Lipinski definition) is 3. The number of aromatic nitrogens is 2.